The van der Waals surface area contributed by atoms with Crippen molar-refractivity contribution >= 4 is 23.9 Å². The Bertz CT molecular complexity index is 583. The van der Waals surface area contributed by atoms with Gasteiger partial charge in [0.05, 0.1) is 37.7 Å². The van der Waals surface area contributed by atoms with Crippen LogP contribution in [0.15, 0.2) is 0 Å². The number of hydrogen-bond donors (Lipinski definition) is 1. The second-order valence-electron chi connectivity index (χ2n) is 6.06. The van der Waals surface area contributed by atoms with Crippen molar-refractivity contribution in [2.45, 2.75) is 39.0 Å². The molecule has 9 heteroatoms. The quantitative estimate of drug-likeness (QED) is 0.246. The Balaban J connectivity index is 4.38. The minimum absolute atomic E-state index is 0.176. The first-order valence-electron chi connectivity index (χ1n) is 8.92. The summed E-state index contributed by atoms with van der Waals surface area (Å²) in [5.41, 5.74) is -1.00. The third-order valence-corrected chi connectivity index (χ3v) is 3.86. The van der Waals surface area contributed by atoms with Gasteiger partial charge in [0.1, 0.15) is 13.2 Å². The number of carbonyl (C=O) groups excluding carboxylic acids is 4. The Hall–Kier alpha value is -3.04. The van der Waals surface area contributed by atoms with Crippen LogP contribution in [-0.2, 0) is 38.1 Å². The fourth-order valence-corrected chi connectivity index (χ4v) is 1.86. The molecule has 29 heavy (non-hydrogen) atoms. The molecule has 0 unspecified atom stereocenters. The zero-order valence-corrected chi connectivity index (χ0v) is 16.4. The average molecular weight is 410 g/mol. The topological polar surface area (TPSA) is 125 Å². The molecule has 9 nitrogen and oxygen atoms in total. The van der Waals surface area contributed by atoms with Crippen LogP contribution in [0, 0.1) is 30.1 Å². The number of terminal acetylenes is 2. The van der Waals surface area contributed by atoms with Crippen LogP contribution in [0.2, 0.25) is 0 Å². The molecule has 0 spiro atoms. The monoisotopic (exact) mass is 410 g/mol. The molecule has 0 saturated carbocycles. The number of hydrogen-bond acceptors (Lipinski definition) is 9. The lowest BCUT2D eigenvalue weighted by molar-refractivity contribution is -0.159. The number of carbonyl (C=O) groups is 4. The average Bonchev–Trinajstić information content (AvgIpc) is 2.73. The molecular formula is C20H26O9. The second-order valence-corrected chi connectivity index (χ2v) is 6.06. The van der Waals surface area contributed by atoms with Gasteiger partial charge in [-0.05, 0) is 6.42 Å². The lowest BCUT2D eigenvalue weighted by atomic mass is 9.88. The first-order chi connectivity index (χ1) is 13.8. The molecule has 0 heterocycles. The molecule has 0 radical (unpaired) electrons. The molecule has 0 aliphatic rings. The normalized spacial score (nSPS) is 10.2. The molecule has 0 saturated heterocycles. The number of rotatable bonds is 14. The van der Waals surface area contributed by atoms with E-state index in [0.717, 1.165) is 0 Å². The minimum atomic E-state index is -1.00. The van der Waals surface area contributed by atoms with E-state index in [1.807, 2.05) is 0 Å². The van der Waals surface area contributed by atoms with Crippen molar-refractivity contribution in [2.75, 3.05) is 33.0 Å². The highest BCUT2D eigenvalue weighted by Crippen LogP contribution is 2.23. The van der Waals surface area contributed by atoms with Gasteiger partial charge in [-0.3, -0.25) is 19.2 Å². The number of aliphatic hydroxyl groups is 1. The van der Waals surface area contributed by atoms with E-state index >= 15 is 0 Å². The van der Waals surface area contributed by atoms with E-state index in [2.05, 4.69) is 21.3 Å². The Morgan fingerprint density at radius 3 is 1.38 bits per heavy atom. The zero-order chi connectivity index (χ0) is 22.1. The first kappa shape index (κ1) is 26.0. The van der Waals surface area contributed by atoms with E-state index in [1.165, 1.54) is 0 Å². The van der Waals surface area contributed by atoms with E-state index in [-0.39, 0.29) is 52.1 Å². The van der Waals surface area contributed by atoms with Crippen molar-refractivity contribution in [3.63, 3.8) is 0 Å². The Labute approximate surface area is 170 Å². The SMILES string of the molecule is C#CCOC(=O)CCC(=O)OCC(CC)(CO)COC(=O)CCC(=O)OCC#C. The Morgan fingerprint density at radius 2 is 1.10 bits per heavy atom. The summed E-state index contributed by atoms with van der Waals surface area (Å²) in [4.78, 5) is 46.2. The third kappa shape index (κ3) is 12.1. The molecule has 0 atom stereocenters. The Kier molecular flexibility index (Phi) is 13.4. The largest absolute Gasteiger partial charge is 0.465 e. The second kappa shape index (κ2) is 14.9. The smallest absolute Gasteiger partial charge is 0.307 e. The van der Waals surface area contributed by atoms with Crippen LogP contribution in [0.25, 0.3) is 0 Å². The molecule has 0 aliphatic carbocycles. The van der Waals surface area contributed by atoms with E-state index in [9.17, 15) is 24.3 Å². The maximum atomic E-state index is 11.8. The summed E-state index contributed by atoms with van der Waals surface area (Å²) in [6, 6.07) is 0. The van der Waals surface area contributed by atoms with Crippen molar-refractivity contribution in [2.24, 2.45) is 5.41 Å². The van der Waals surface area contributed by atoms with Gasteiger partial charge in [0.2, 0.25) is 0 Å². The molecule has 0 rings (SSSR count). The van der Waals surface area contributed by atoms with E-state index in [4.69, 9.17) is 22.3 Å². The minimum Gasteiger partial charge on any atom is -0.465 e. The molecule has 1 N–H and O–H groups in total. The van der Waals surface area contributed by atoms with Gasteiger partial charge in [-0.2, -0.15) is 0 Å². The van der Waals surface area contributed by atoms with Crippen molar-refractivity contribution in [1.29, 1.82) is 0 Å². The van der Waals surface area contributed by atoms with Crippen LogP contribution in [-0.4, -0.2) is 62.0 Å². The molecule has 0 fully saturated rings. The molecule has 0 bridgehead atoms. The summed E-state index contributed by atoms with van der Waals surface area (Å²) >= 11 is 0. The van der Waals surface area contributed by atoms with Crippen LogP contribution in [0.3, 0.4) is 0 Å². The van der Waals surface area contributed by atoms with Gasteiger partial charge in [0, 0.05) is 0 Å². The van der Waals surface area contributed by atoms with Gasteiger partial charge < -0.3 is 24.1 Å². The van der Waals surface area contributed by atoms with Crippen LogP contribution < -0.4 is 0 Å². The van der Waals surface area contributed by atoms with Gasteiger partial charge in [-0.15, -0.1) is 12.8 Å². The molecule has 0 aromatic heterocycles. The lowest BCUT2D eigenvalue weighted by Gasteiger charge is -2.29. The first-order valence-corrected chi connectivity index (χ1v) is 8.92. The summed E-state index contributed by atoms with van der Waals surface area (Å²) in [6.45, 7) is 0.547. The fourth-order valence-electron chi connectivity index (χ4n) is 1.86. The maximum Gasteiger partial charge on any atom is 0.307 e. The standard InChI is InChI=1S/C20H26O9/c1-4-11-26-16(22)7-9-18(24)28-14-20(6-3,13-21)15-29-19(25)10-8-17(23)27-12-5-2/h1-2,21H,6-15H2,3H3. The van der Waals surface area contributed by atoms with Gasteiger partial charge >= 0.3 is 23.9 Å². The van der Waals surface area contributed by atoms with Crippen LogP contribution in [0.4, 0.5) is 0 Å². The van der Waals surface area contributed by atoms with E-state index < -0.39 is 35.9 Å². The number of aliphatic hydroxyl groups excluding tert-OH is 1. The fraction of sp³-hybridized carbons (Fsp3) is 0.600. The predicted octanol–water partition coefficient (Wildman–Crippen LogP) is 0.375. The number of ether oxygens (including phenoxy) is 4. The van der Waals surface area contributed by atoms with E-state index in [0.29, 0.717) is 6.42 Å². The molecule has 0 aromatic carbocycles. The van der Waals surface area contributed by atoms with Crippen LogP contribution in [0.5, 0.6) is 0 Å². The summed E-state index contributed by atoms with van der Waals surface area (Å²) in [5, 5.41) is 9.66. The molecular weight excluding hydrogens is 384 g/mol. The lowest BCUT2D eigenvalue weighted by Crippen LogP contribution is -2.37. The molecule has 0 aliphatic heterocycles. The molecule has 160 valence electrons. The number of esters is 4. The van der Waals surface area contributed by atoms with Crippen molar-refractivity contribution in [3.8, 4) is 24.7 Å². The third-order valence-electron chi connectivity index (χ3n) is 3.86. The van der Waals surface area contributed by atoms with Gasteiger partial charge in [0.25, 0.3) is 0 Å². The van der Waals surface area contributed by atoms with Gasteiger partial charge in [-0.25, -0.2) is 0 Å². The summed E-state index contributed by atoms with van der Waals surface area (Å²) in [5.74, 6) is 1.67. The Morgan fingerprint density at radius 1 is 0.759 bits per heavy atom. The van der Waals surface area contributed by atoms with Gasteiger partial charge in [0.15, 0.2) is 13.2 Å². The highest BCUT2D eigenvalue weighted by atomic mass is 16.6. The van der Waals surface area contributed by atoms with Crippen molar-refractivity contribution < 1.29 is 43.2 Å². The van der Waals surface area contributed by atoms with Crippen LogP contribution >= 0.6 is 0 Å². The van der Waals surface area contributed by atoms with Crippen molar-refractivity contribution in [3.05, 3.63) is 0 Å². The highest BCUT2D eigenvalue weighted by molar-refractivity contribution is 5.78. The summed E-state index contributed by atoms with van der Waals surface area (Å²) in [7, 11) is 0. The van der Waals surface area contributed by atoms with Crippen molar-refractivity contribution in [1.82, 2.24) is 0 Å². The zero-order valence-electron chi connectivity index (χ0n) is 16.4. The van der Waals surface area contributed by atoms with E-state index in [1.54, 1.807) is 6.92 Å². The summed E-state index contributed by atoms with van der Waals surface area (Å²) < 4.78 is 19.4. The summed E-state index contributed by atoms with van der Waals surface area (Å²) in [6.07, 6.45) is 9.44. The van der Waals surface area contributed by atoms with Gasteiger partial charge in [-0.1, -0.05) is 18.8 Å². The molecule has 0 amide bonds. The molecule has 0 aromatic rings. The maximum absolute atomic E-state index is 11.8. The predicted molar refractivity (Wildman–Crippen MR) is 99.8 cm³/mol. The van der Waals surface area contributed by atoms with Crippen LogP contribution in [0.1, 0.15) is 39.0 Å². The highest BCUT2D eigenvalue weighted by Gasteiger charge is 2.31.